The highest BCUT2D eigenvalue weighted by Crippen LogP contribution is 2.26. The summed E-state index contributed by atoms with van der Waals surface area (Å²) in [6.07, 6.45) is -0.679. The number of hydrogen-bond acceptors (Lipinski definition) is 6. The van der Waals surface area contributed by atoms with Gasteiger partial charge in [-0.3, -0.25) is 0 Å². The van der Waals surface area contributed by atoms with E-state index in [0.717, 1.165) is 5.56 Å². The molecular formula is C13H19NO4S2. The summed E-state index contributed by atoms with van der Waals surface area (Å²) in [7, 11) is 1.26. The van der Waals surface area contributed by atoms with Gasteiger partial charge in [0.05, 0.1) is 12.4 Å². The molecule has 0 saturated heterocycles. The van der Waals surface area contributed by atoms with Crippen LogP contribution in [0.25, 0.3) is 0 Å². The Morgan fingerprint density at radius 3 is 2.50 bits per heavy atom. The number of carbonyl (C=O) groups is 2. The van der Waals surface area contributed by atoms with Gasteiger partial charge in [0.15, 0.2) is 0 Å². The molecule has 1 heterocycles. The molecular weight excluding hydrogens is 298 g/mol. The number of nitrogens with one attached hydrogen (secondary N) is 1. The number of ether oxygens (including phenoxy) is 2. The normalized spacial score (nSPS) is 14.2. The predicted octanol–water partition coefficient (Wildman–Crippen LogP) is 2.79. The third kappa shape index (κ3) is 5.05. The summed E-state index contributed by atoms with van der Waals surface area (Å²) in [6.45, 7) is 5.24. The molecule has 112 valence electrons. The van der Waals surface area contributed by atoms with Crippen LogP contribution in [0.1, 0.15) is 31.6 Å². The molecule has 0 saturated carbocycles. The monoisotopic (exact) mass is 317 g/mol. The Kier molecular flexibility index (Phi) is 5.88. The van der Waals surface area contributed by atoms with Crippen molar-refractivity contribution in [2.75, 3.05) is 7.11 Å². The van der Waals surface area contributed by atoms with Crippen molar-refractivity contribution >= 4 is 36.0 Å². The smallest absolute Gasteiger partial charge is 0.408 e. The van der Waals surface area contributed by atoms with Crippen molar-refractivity contribution in [3.05, 3.63) is 22.4 Å². The zero-order valence-electron chi connectivity index (χ0n) is 11.9. The van der Waals surface area contributed by atoms with Crippen molar-refractivity contribution in [2.45, 2.75) is 37.7 Å². The lowest BCUT2D eigenvalue weighted by molar-refractivity contribution is -0.143. The Bertz CT molecular complexity index is 453. The third-order valence-electron chi connectivity index (χ3n) is 2.33. The minimum atomic E-state index is -0.909. The van der Waals surface area contributed by atoms with Crippen molar-refractivity contribution in [2.24, 2.45) is 0 Å². The molecule has 0 aliphatic heterocycles. The van der Waals surface area contributed by atoms with Crippen molar-refractivity contribution in [3.63, 3.8) is 0 Å². The van der Waals surface area contributed by atoms with Gasteiger partial charge in [-0.25, -0.2) is 9.59 Å². The molecule has 1 aromatic rings. The van der Waals surface area contributed by atoms with Crippen molar-refractivity contribution in [3.8, 4) is 0 Å². The molecule has 0 radical (unpaired) electrons. The largest absolute Gasteiger partial charge is 0.467 e. The summed E-state index contributed by atoms with van der Waals surface area (Å²) in [6, 6.07) is 0.933. The van der Waals surface area contributed by atoms with Crippen LogP contribution in [0.2, 0.25) is 0 Å². The van der Waals surface area contributed by atoms with Crippen LogP contribution in [0.15, 0.2) is 16.8 Å². The Balaban J connectivity index is 2.80. The van der Waals surface area contributed by atoms with Gasteiger partial charge in [0, 0.05) is 0 Å². The summed E-state index contributed by atoms with van der Waals surface area (Å²) < 4.78 is 9.85. The highest BCUT2D eigenvalue weighted by atomic mass is 32.1. The van der Waals surface area contributed by atoms with Crippen LogP contribution in [0.3, 0.4) is 0 Å². The van der Waals surface area contributed by atoms with Crippen LogP contribution in [-0.4, -0.2) is 30.8 Å². The molecule has 5 nitrogen and oxygen atoms in total. The minimum absolute atomic E-state index is 0.499. The maximum absolute atomic E-state index is 11.8. The Labute approximate surface area is 128 Å². The molecule has 0 aromatic carbocycles. The summed E-state index contributed by atoms with van der Waals surface area (Å²) in [5.74, 6) is -0.568. The van der Waals surface area contributed by atoms with Gasteiger partial charge >= 0.3 is 12.1 Å². The van der Waals surface area contributed by atoms with Crippen molar-refractivity contribution in [1.82, 2.24) is 5.32 Å². The maximum atomic E-state index is 11.8. The average Bonchev–Trinajstić information content (AvgIpc) is 2.85. The first-order valence-corrected chi connectivity index (χ1v) is 7.48. The average molecular weight is 317 g/mol. The zero-order chi connectivity index (χ0) is 15.3. The van der Waals surface area contributed by atoms with E-state index in [1.165, 1.54) is 18.4 Å². The Morgan fingerprint density at radius 1 is 1.40 bits per heavy atom. The van der Waals surface area contributed by atoms with E-state index in [1.807, 2.05) is 16.8 Å². The standard InChI is InChI=1S/C13H19NO4S2/c1-13(2,3)18-12(16)14-9(11(15)17-4)10(19)8-5-6-20-7-8/h5-7,9-10,19H,1-4H3,(H,14,16). The molecule has 7 heteroatoms. The molecule has 1 amide bonds. The predicted molar refractivity (Wildman–Crippen MR) is 81.2 cm³/mol. The number of alkyl carbamates (subject to hydrolysis) is 1. The van der Waals surface area contributed by atoms with Crippen molar-refractivity contribution < 1.29 is 19.1 Å². The van der Waals surface area contributed by atoms with E-state index in [4.69, 9.17) is 9.47 Å². The van der Waals surface area contributed by atoms with E-state index in [0.29, 0.717) is 0 Å². The van der Waals surface area contributed by atoms with E-state index >= 15 is 0 Å². The van der Waals surface area contributed by atoms with Gasteiger partial charge in [-0.15, -0.1) is 0 Å². The molecule has 0 spiro atoms. The molecule has 2 atom stereocenters. The van der Waals surface area contributed by atoms with Crippen molar-refractivity contribution in [1.29, 1.82) is 0 Å². The fraction of sp³-hybridized carbons (Fsp3) is 0.538. The number of carbonyl (C=O) groups excluding carboxylic acids is 2. The highest BCUT2D eigenvalue weighted by molar-refractivity contribution is 7.80. The minimum Gasteiger partial charge on any atom is -0.467 e. The summed E-state index contributed by atoms with van der Waals surface area (Å²) in [5, 5.41) is 5.75. The van der Waals surface area contributed by atoms with E-state index in [9.17, 15) is 9.59 Å². The summed E-state index contributed by atoms with van der Waals surface area (Å²) >= 11 is 5.88. The first-order valence-electron chi connectivity index (χ1n) is 6.02. The maximum Gasteiger partial charge on any atom is 0.408 e. The van der Waals surface area contributed by atoms with Crippen LogP contribution < -0.4 is 5.32 Å². The molecule has 0 fully saturated rings. The topological polar surface area (TPSA) is 64.6 Å². The van der Waals surface area contributed by atoms with E-state index in [-0.39, 0.29) is 0 Å². The molecule has 0 bridgehead atoms. The van der Waals surface area contributed by atoms with Gasteiger partial charge in [0.2, 0.25) is 0 Å². The first kappa shape index (κ1) is 16.8. The summed E-state index contributed by atoms with van der Waals surface area (Å²) in [4.78, 5) is 23.6. The molecule has 1 N–H and O–H groups in total. The lowest BCUT2D eigenvalue weighted by Crippen LogP contribution is -2.46. The Morgan fingerprint density at radius 2 is 2.05 bits per heavy atom. The molecule has 20 heavy (non-hydrogen) atoms. The van der Waals surface area contributed by atoms with Gasteiger partial charge in [0.25, 0.3) is 0 Å². The lowest BCUT2D eigenvalue weighted by atomic mass is 10.1. The van der Waals surface area contributed by atoms with Crippen LogP contribution in [0, 0.1) is 0 Å². The third-order valence-corrected chi connectivity index (χ3v) is 3.63. The molecule has 1 aromatic heterocycles. The van der Waals surface area contributed by atoms with E-state index < -0.39 is 29.0 Å². The van der Waals surface area contributed by atoms with Gasteiger partial charge in [-0.1, -0.05) is 0 Å². The highest BCUT2D eigenvalue weighted by Gasteiger charge is 2.31. The lowest BCUT2D eigenvalue weighted by Gasteiger charge is -2.25. The van der Waals surface area contributed by atoms with Gasteiger partial charge in [-0.2, -0.15) is 24.0 Å². The van der Waals surface area contributed by atoms with Gasteiger partial charge in [-0.05, 0) is 43.2 Å². The molecule has 1 rings (SSSR count). The summed E-state index contributed by atoms with van der Waals surface area (Å²) in [5.41, 5.74) is 0.198. The second-order valence-electron chi connectivity index (χ2n) is 5.15. The fourth-order valence-corrected chi connectivity index (χ4v) is 2.62. The molecule has 0 aliphatic rings. The van der Waals surface area contributed by atoms with Crippen LogP contribution in [-0.2, 0) is 14.3 Å². The number of amides is 1. The van der Waals surface area contributed by atoms with Crippen LogP contribution in [0.5, 0.6) is 0 Å². The fourth-order valence-electron chi connectivity index (χ4n) is 1.46. The molecule has 0 aliphatic carbocycles. The quantitative estimate of drug-likeness (QED) is 0.662. The van der Waals surface area contributed by atoms with E-state index in [2.05, 4.69) is 17.9 Å². The Hall–Kier alpha value is -1.21. The molecule has 2 unspecified atom stereocenters. The van der Waals surface area contributed by atoms with Crippen LogP contribution in [0.4, 0.5) is 4.79 Å². The second kappa shape index (κ2) is 6.99. The van der Waals surface area contributed by atoms with E-state index in [1.54, 1.807) is 20.8 Å². The van der Waals surface area contributed by atoms with Gasteiger partial charge < -0.3 is 14.8 Å². The first-order chi connectivity index (χ1) is 9.24. The number of thiol groups is 1. The SMILES string of the molecule is COC(=O)C(NC(=O)OC(C)(C)C)C(S)c1ccsc1. The van der Waals surface area contributed by atoms with Gasteiger partial charge in [0.1, 0.15) is 11.6 Å². The number of esters is 1. The number of rotatable bonds is 4. The number of hydrogen-bond donors (Lipinski definition) is 2. The zero-order valence-corrected chi connectivity index (χ0v) is 13.6. The second-order valence-corrected chi connectivity index (χ2v) is 6.48. The number of thiophene rings is 1. The van der Waals surface area contributed by atoms with Crippen LogP contribution >= 0.6 is 24.0 Å². The number of methoxy groups -OCH3 is 1.